The maximum Gasteiger partial charge on any atom is 0.0159 e. The lowest BCUT2D eigenvalue weighted by Gasteiger charge is -2.34. The Hall–Kier alpha value is -7.54. The van der Waals surface area contributed by atoms with Gasteiger partial charge in [0.25, 0.3) is 0 Å². The lowest BCUT2D eigenvalue weighted by Crippen LogP contribution is -2.17. The van der Waals surface area contributed by atoms with Crippen molar-refractivity contribution in [3.63, 3.8) is 0 Å². The fourth-order valence-electron chi connectivity index (χ4n) is 13.1. The highest BCUT2D eigenvalue weighted by molar-refractivity contribution is 6.07. The van der Waals surface area contributed by atoms with Gasteiger partial charge in [-0.25, -0.2) is 0 Å². The molecule has 14 rings (SSSR count). The van der Waals surface area contributed by atoms with Gasteiger partial charge in [-0.1, -0.05) is 216 Å². The molecule has 0 spiro atoms. The molecule has 0 heterocycles. The lowest BCUT2D eigenvalue weighted by atomic mass is 9.70. The fourth-order valence-corrected chi connectivity index (χ4v) is 13.1. The average Bonchev–Trinajstić information content (AvgIpc) is 3.61. The summed E-state index contributed by atoms with van der Waals surface area (Å²) >= 11 is 0. The van der Waals surface area contributed by atoms with Gasteiger partial charge in [-0.15, -0.1) is 0 Å². The molecule has 0 amide bonds. The molecule has 0 heteroatoms. The van der Waals surface area contributed by atoms with E-state index in [0.717, 1.165) is 19.3 Å². The molecule has 5 aliphatic rings. The summed E-state index contributed by atoms with van der Waals surface area (Å²) in [5.74, 6) is 0.438. The molecule has 0 saturated carbocycles. The second-order valence-electron chi connectivity index (χ2n) is 22.4. The van der Waals surface area contributed by atoms with Crippen LogP contribution in [0.3, 0.4) is 0 Å². The standard InChI is InChI=1S/C70H56/c1-41-36-50(25-29-56(41)58-31-23-49-20-21-53-37-55(69(2,3)4)38-54-28-35-62(58)68(49)66(53)54)52-27-33-60-59-32-26-51(39-63(59)70(5,6)64(60)40-52)44-12-10-42(11-13-44)43-14-16-45(17-15-43)57-30-22-48-19-18-46-8-7-9-47-24-34-61(57)67(48)65(46)47/h7-8,10-33,35-36,38-40,53H,9,34,37H2,1-6H3. The van der Waals surface area contributed by atoms with E-state index in [9.17, 15) is 0 Å². The minimum Gasteiger partial charge on any atom is -0.0795 e. The summed E-state index contributed by atoms with van der Waals surface area (Å²) in [6, 6.07) is 58.5. The number of hydrogen-bond acceptors (Lipinski definition) is 0. The third-order valence-electron chi connectivity index (χ3n) is 17.0. The van der Waals surface area contributed by atoms with Crippen LogP contribution in [0.4, 0.5) is 0 Å². The van der Waals surface area contributed by atoms with Crippen molar-refractivity contribution in [2.75, 3.05) is 0 Å². The van der Waals surface area contributed by atoms with Crippen LogP contribution in [0.15, 0.2) is 175 Å². The highest BCUT2D eigenvalue weighted by Crippen LogP contribution is 2.52. The zero-order chi connectivity index (χ0) is 47.2. The van der Waals surface area contributed by atoms with Crippen LogP contribution in [0.5, 0.6) is 0 Å². The SMILES string of the molecule is Cc1cc(-c2ccc3c(c2)C(C)(C)c2cc(-c4ccc(-c5ccc(-c6ccc7ccc8c9c7c6CC=C9CC=C8)cc5)cc4)ccc2-3)ccc1-c1ccc2c3c4c(ccc13)C=C(C(C)(C)C)CC4C=C2. The molecule has 0 N–H and O–H groups in total. The van der Waals surface area contributed by atoms with Gasteiger partial charge in [0, 0.05) is 11.3 Å². The van der Waals surface area contributed by atoms with E-state index in [-0.39, 0.29) is 10.8 Å². The summed E-state index contributed by atoms with van der Waals surface area (Å²) in [6.07, 6.45) is 17.5. The van der Waals surface area contributed by atoms with Gasteiger partial charge in [0.05, 0.1) is 0 Å². The molecule has 9 aromatic carbocycles. The predicted molar refractivity (Wildman–Crippen MR) is 300 cm³/mol. The summed E-state index contributed by atoms with van der Waals surface area (Å²) in [6.45, 7) is 14.1. The van der Waals surface area contributed by atoms with Crippen LogP contribution in [-0.4, -0.2) is 0 Å². The quantitative estimate of drug-likeness (QED) is 0.161. The van der Waals surface area contributed by atoms with Crippen molar-refractivity contribution in [3.8, 4) is 66.8 Å². The summed E-state index contributed by atoms with van der Waals surface area (Å²) in [5.41, 5.74) is 31.2. The van der Waals surface area contributed by atoms with Crippen LogP contribution < -0.4 is 0 Å². The van der Waals surface area contributed by atoms with Crippen molar-refractivity contribution in [3.05, 3.63) is 226 Å². The molecule has 1 unspecified atom stereocenters. The molecule has 0 nitrogen and oxygen atoms in total. The van der Waals surface area contributed by atoms with Crippen molar-refractivity contribution in [1.82, 2.24) is 0 Å². The van der Waals surface area contributed by atoms with E-state index in [1.165, 1.54) is 144 Å². The Morgan fingerprint density at radius 2 is 1.07 bits per heavy atom. The highest BCUT2D eigenvalue weighted by atomic mass is 14.4. The van der Waals surface area contributed by atoms with Crippen molar-refractivity contribution in [2.45, 2.75) is 72.1 Å². The molecule has 9 aromatic rings. The normalized spacial score (nSPS) is 16.6. The topological polar surface area (TPSA) is 0 Å². The third kappa shape index (κ3) is 6.21. The lowest BCUT2D eigenvalue weighted by molar-refractivity contribution is 0.477. The van der Waals surface area contributed by atoms with E-state index < -0.39 is 0 Å². The first-order valence-electron chi connectivity index (χ1n) is 25.5. The van der Waals surface area contributed by atoms with Crippen molar-refractivity contribution in [2.24, 2.45) is 5.41 Å². The monoisotopic (exact) mass is 896 g/mol. The fraction of sp³-hybridized carbons (Fsp3) is 0.171. The van der Waals surface area contributed by atoms with Gasteiger partial charge in [-0.2, -0.15) is 0 Å². The largest absolute Gasteiger partial charge is 0.0795 e. The van der Waals surface area contributed by atoms with Crippen molar-refractivity contribution >= 4 is 45.3 Å². The summed E-state index contributed by atoms with van der Waals surface area (Å²) in [7, 11) is 0. The number of rotatable bonds is 5. The van der Waals surface area contributed by atoms with Gasteiger partial charge in [0.15, 0.2) is 0 Å². The maximum atomic E-state index is 2.48. The third-order valence-corrected chi connectivity index (χ3v) is 17.0. The van der Waals surface area contributed by atoms with E-state index in [2.05, 4.69) is 230 Å². The molecule has 336 valence electrons. The number of hydrogen-bond donors (Lipinski definition) is 0. The first-order chi connectivity index (χ1) is 34.0. The van der Waals surface area contributed by atoms with E-state index in [0.29, 0.717) is 5.92 Å². The number of fused-ring (bicyclic) bond motifs is 3. The second-order valence-corrected chi connectivity index (χ2v) is 22.4. The first-order valence-corrected chi connectivity index (χ1v) is 25.5. The molecule has 0 aliphatic heterocycles. The van der Waals surface area contributed by atoms with Crippen LogP contribution >= 0.6 is 0 Å². The Morgan fingerprint density at radius 1 is 0.500 bits per heavy atom. The summed E-state index contributed by atoms with van der Waals surface area (Å²) in [5, 5.41) is 5.60. The molecular weight excluding hydrogens is 841 g/mol. The summed E-state index contributed by atoms with van der Waals surface area (Å²) < 4.78 is 0. The van der Waals surface area contributed by atoms with Gasteiger partial charge in [0.2, 0.25) is 0 Å². The molecule has 1 atom stereocenters. The number of benzene rings is 9. The molecular formula is C70H56. The van der Waals surface area contributed by atoms with Crippen LogP contribution in [0, 0.1) is 12.3 Å². The van der Waals surface area contributed by atoms with E-state index in [4.69, 9.17) is 0 Å². The Balaban J connectivity index is 0.724. The summed E-state index contributed by atoms with van der Waals surface area (Å²) in [4.78, 5) is 0. The molecule has 0 radical (unpaired) electrons. The molecule has 0 fully saturated rings. The minimum absolute atomic E-state index is 0.133. The van der Waals surface area contributed by atoms with Gasteiger partial charge in [0.1, 0.15) is 0 Å². The maximum absolute atomic E-state index is 2.48. The smallest absolute Gasteiger partial charge is 0.0159 e. The molecule has 0 aromatic heterocycles. The van der Waals surface area contributed by atoms with Gasteiger partial charge in [-0.05, 0) is 188 Å². The molecule has 5 aliphatic carbocycles. The van der Waals surface area contributed by atoms with Crippen LogP contribution in [0.2, 0.25) is 0 Å². The van der Waals surface area contributed by atoms with E-state index >= 15 is 0 Å². The van der Waals surface area contributed by atoms with Crippen LogP contribution in [-0.2, 0) is 11.8 Å². The minimum atomic E-state index is -0.133. The van der Waals surface area contributed by atoms with Crippen LogP contribution in [0.25, 0.3) is 112 Å². The van der Waals surface area contributed by atoms with Gasteiger partial charge >= 0.3 is 0 Å². The molecule has 0 bridgehead atoms. The molecule has 0 saturated heterocycles. The highest BCUT2D eigenvalue weighted by Gasteiger charge is 2.36. The Labute approximate surface area is 413 Å². The second kappa shape index (κ2) is 15.0. The Bertz CT molecular complexity index is 3880. The first kappa shape index (κ1) is 41.4. The van der Waals surface area contributed by atoms with Gasteiger partial charge in [-0.3, -0.25) is 0 Å². The number of aryl methyl sites for hydroxylation is 1. The Morgan fingerprint density at radius 3 is 1.77 bits per heavy atom. The Kier molecular flexibility index (Phi) is 8.87. The number of allylic oxidation sites excluding steroid dienone is 5. The van der Waals surface area contributed by atoms with Gasteiger partial charge < -0.3 is 0 Å². The van der Waals surface area contributed by atoms with Crippen molar-refractivity contribution in [1.29, 1.82) is 0 Å². The average molecular weight is 897 g/mol. The predicted octanol–water partition coefficient (Wildman–Crippen LogP) is 19.2. The molecule has 70 heavy (non-hydrogen) atoms. The zero-order valence-electron chi connectivity index (χ0n) is 41.1. The van der Waals surface area contributed by atoms with Crippen LogP contribution in [0.1, 0.15) is 103 Å². The van der Waals surface area contributed by atoms with E-state index in [1.807, 2.05) is 0 Å². The van der Waals surface area contributed by atoms with E-state index in [1.54, 1.807) is 5.57 Å². The zero-order valence-corrected chi connectivity index (χ0v) is 41.1. The van der Waals surface area contributed by atoms with Crippen molar-refractivity contribution < 1.29 is 0 Å².